The highest BCUT2D eigenvalue weighted by atomic mass is 16.4. The van der Waals surface area contributed by atoms with Gasteiger partial charge in [0.2, 0.25) is 23.0 Å². The van der Waals surface area contributed by atoms with E-state index in [0.29, 0.717) is 27.7 Å². The molecule has 0 saturated heterocycles. The predicted molar refractivity (Wildman–Crippen MR) is 196 cm³/mol. The molecule has 0 saturated carbocycles. The van der Waals surface area contributed by atoms with Crippen molar-refractivity contribution >= 4 is 54.3 Å². The minimum absolute atomic E-state index is 0.0198. The summed E-state index contributed by atoms with van der Waals surface area (Å²) in [6.07, 6.45) is 0. The molecule has 0 spiro atoms. The molecular formula is C42H26O9. The molecule has 248 valence electrons. The number of furan rings is 1. The van der Waals surface area contributed by atoms with E-state index in [-0.39, 0.29) is 32.7 Å². The van der Waals surface area contributed by atoms with E-state index in [9.17, 15) is 40.9 Å². The Morgan fingerprint density at radius 3 is 1.41 bits per heavy atom. The Balaban J connectivity index is 1.50. The van der Waals surface area contributed by atoms with E-state index in [4.69, 9.17) is 4.42 Å². The van der Waals surface area contributed by atoms with Gasteiger partial charge < -0.3 is 45.3 Å². The molecule has 0 bridgehead atoms. The lowest BCUT2D eigenvalue weighted by molar-refractivity contribution is 0.350. The van der Waals surface area contributed by atoms with Crippen LogP contribution in [0, 0.1) is 0 Å². The van der Waals surface area contributed by atoms with Gasteiger partial charge in [0.05, 0.1) is 0 Å². The number of rotatable bonds is 3. The molecule has 0 aliphatic rings. The van der Waals surface area contributed by atoms with Crippen LogP contribution in [-0.2, 0) is 0 Å². The average molecular weight is 675 g/mol. The van der Waals surface area contributed by atoms with Crippen molar-refractivity contribution in [3.63, 3.8) is 0 Å². The summed E-state index contributed by atoms with van der Waals surface area (Å²) in [5, 5.41) is 92.6. The van der Waals surface area contributed by atoms with Crippen molar-refractivity contribution in [2.24, 2.45) is 0 Å². The van der Waals surface area contributed by atoms with Crippen LogP contribution in [0.25, 0.3) is 87.6 Å². The van der Waals surface area contributed by atoms with Crippen LogP contribution in [0.2, 0.25) is 0 Å². The quantitative estimate of drug-likeness (QED) is 0.0515. The maximum atomic E-state index is 11.6. The molecular weight excluding hydrogens is 648 g/mol. The highest BCUT2D eigenvalue weighted by Crippen LogP contribution is 2.62. The summed E-state index contributed by atoms with van der Waals surface area (Å²) in [6, 6.07) is 32.9. The van der Waals surface area contributed by atoms with Crippen molar-refractivity contribution in [3.8, 4) is 79.4 Å². The maximum absolute atomic E-state index is 11.6. The molecule has 1 heterocycles. The van der Waals surface area contributed by atoms with E-state index in [1.165, 1.54) is 0 Å². The Hall–Kier alpha value is -7.26. The second kappa shape index (κ2) is 10.6. The Labute approximate surface area is 287 Å². The number of hydrogen-bond donors (Lipinski definition) is 8. The molecule has 9 heteroatoms. The zero-order chi connectivity index (χ0) is 35.3. The first kappa shape index (κ1) is 29.8. The van der Waals surface area contributed by atoms with E-state index >= 15 is 0 Å². The Morgan fingerprint density at radius 1 is 0.314 bits per heavy atom. The second-order valence-electron chi connectivity index (χ2n) is 12.5. The largest absolute Gasteiger partial charge is 0.504 e. The minimum atomic E-state index is -1.03. The summed E-state index contributed by atoms with van der Waals surface area (Å²) >= 11 is 0. The second-order valence-corrected chi connectivity index (χ2v) is 12.5. The van der Waals surface area contributed by atoms with Gasteiger partial charge >= 0.3 is 0 Å². The molecule has 8 aromatic carbocycles. The Kier molecular flexibility index (Phi) is 6.21. The van der Waals surface area contributed by atoms with E-state index in [1.807, 2.05) is 72.8 Å². The number of phenolic OH excluding ortho intramolecular Hbond substituents is 8. The van der Waals surface area contributed by atoms with E-state index in [0.717, 1.165) is 27.3 Å². The van der Waals surface area contributed by atoms with E-state index in [1.54, 1.807) is 36.4 Å². The molecule has 51 heavy (non-hydrogen) atoms. The summed E-state index contributed by atoms with van der Waals surface area (Å²) in [5.74, 6) is -7.47. The molecule has 0 aliphatic carbocycles. The van der Waals surface area contributed by atoms with Gasteiger partial charge in [-0.2, -0.15) is 0 Å². The summed E-state index contributed by atoms with van der Waals surface area (Å²) in [7, 11) is 0. The molecule has 0 fully saturated rings. The first-order valence-corrected chi connectivity index (χ1v) is 15.9. The van der Waals surface area contributed by atoms with Crippen LogP contribution < -0.4 is 0 Å². The SMILES string of the molecule is Oc1c(O)c(O)c2c(-c3ccc4oc5ccc6ccccc6c5c4c3)c3c(O)c(O)c(O)c(O)c3c(-c3cccc(-c4ccccc4)c3)c2c1O. The van der Waals surface area contributed by atoms with Gasteiger partial charge in [0.15, 0.2) is 23.0 Å². The number of fused-ring (bicyclic) bond motifs is 7. The third kappa shape index (κ3) is 4.09. The van der Waals surface area contributed by atoms with Crippen LogP contribution in [0.5, 0.6) is 46.0 Å². The van der Waals surface area contributed by atoms with Crippen molar-refractivity contribution in [2.75, 3.05) is 0 Å². The van der Waals surface area contributed by atoms with Crippen molar-refractivity contribution in [1.29, 1.82) is 0 Å². The summed E-state index contributed by atoms with van der Waals surface area (Å²) < 4.78 is 6.18. The average Bonchev–Trinajstić information content (AvgIpc) is 3.55. The molecule has 0 amide bonds. The molecule has 8 N–H and O–H groups in total. The summed E-state index contributed by atoms with van der Waals surface area (Å²) in [6.45, 7) is 0. The number of benzene rings is 8. The predicted octanol–water partition coefficient (Wildman–Crippen LogP) is 9.69. The third-order valence-corrected chi connectivity index (χ3v) is 9.70. The zero-order valence-corrected chi connectivity index (χ0v) is 26.4. The normalized spacial score (nSPS) is 11.8. The van der Waals surface area contributed by atoms with Gasteiger partial charge in [-0.15, -0.1) is 0 Å². The number of aromatic hydroxyl groups is 8. The molecule has 0 aliphatic heterocycles. The van der Waals surface area contributed by atoms with Gasteiger partial charge in [-0.3, -0.25) is 0 Å². The topological polar surface area (TPSA) is 175 Å². The summed E-state index contributed by atoms with van der Waals surface area (Å²) in [5.41, 5.74) is 3.26. The molecule has 9 nitrogen and oxygen atoms in total. The Bertz CT molecular complexity index is 2860. The number of phenols is 8. The van der Waals surface area contributed by atoms with Crippen LogP contribution in [-0.4, -0.2) is 40.9 Å². The first-order valence-electron chi connectivity index (χ1n) is 15.9. The van der Waals surface area contributed by atoms with E-state index < -0.39 is 46.0 Å². The van der Waals surface area contributed by atoms with Gasteiger partial charge in [-0.05, 0) is 57.3 Å². The van der Waals surface area contributed by atoms with Crippen LogP contribution >= 0.6 is 0 Å². The first-order chi connectivity index (χ1) is 24.7. The zero-order valence-electron chi connectivity index (χ0n) is 26.4. The Morgan fingerprint density at radius 2 is 0.804 bits per heavy atom. The smallest absolute Gasteiger partial charge is 0.204 e. The fraction of sp³-hybridized carbons (Fsp3) is 0. The van der Waals surface area contributed by atoms with Crippen molar-refractivity contribution < 1.29 is 45.3 Å². The third-order valence-electron chi connectivity index (χ3n) is 9.70. The van der Waals surface area contributed by atoms with Crippen LogP contribution in [0.1, 0.15) is 0 Å². The highest BCUT2D eigenvalue weighted by Gasteiger charge is 2.32. The summed E-state index contributed by atoms with van der Waals surface area (Å²) in [4.78, 5) is 0. The lowest BCUT2D eigenvalue weighted by Crippen LogP contribution is -1.95. The van der Waals surface area contributed by atoms with Crippen molar-refractivity contribution in [2.45, 2.75) is 0 Å². The molecule has 0 unspecified atom stereocenters. The highest BCUT2D eigenvalue weighted by molar-refractivity contribution is 6.29. The monoisotopic (exact) mass is 674 g/mol. The van der Waals surface area contributed by atoms with Crippen molar-refractivity contribution in [1.82, 2.24) is 0 Å². The lowest BCUT2D eigenvalue weighted by atomic mass is 9.83. The molecule has 9 aromatic rings. The maximum Gasteiger partial charge on any atom is 0.204 e. The minimum Gasteiger partial charge on any atom is -0.504 e. The lowest BCUT2D eigenvalue weighted by Gasteiger charge is -2.22. The molecule has 0 radical (unpaired) electrons. The number of hydrogen-bond acceptors (Lipinski definition) is 9. The van der Waals surface area contributed by atoms with Gasteiger partial charge in [-0.1, -0.05) is 84.9 Å². The van der Waals surface area contributed by atoms with Gasteiger partial charge in [0.25, 0.3) is 0 Å². The van der Waals surface area contributed by atoms with Crippen molar-refractivity contribution in [3.05, 3.63) is 109 Å². The fourth-order valence-electron chi connectivity index (χ4n) is 7.38. The van der Waals surface area contributed by atoms with Crippen LogP contribution in [0.3, 0.4) is 0 Å². The molecule has 9 rings (SSSR count). The van der Waals surface area contributed by atoms with Gasteiger partial charge in [0.1, 0.15) is 11.2 Å². The van der Waals surface area contributed by atoms with Crippen LogP contribution in [0.4, 0.5) is 0 Å². The van der Waals surface area contributed by atoms with E-state index in [2.05, 4.69) is 0 Å². The van der Waals surface area contributed by atoms with Crippen LogP contribution in [0.15, 0.2) is 114 Å². The fourth-order valence-corrected chi connectivity index (χ4v) is 7.38. The molecule has 0 atom stereocenters. The standard InChI is InChI=1S/C42H26O9/c43-35-31-28(22-11-6-10-21(17-22)19-7-2-1-3-8-19)32-34(38(46)42(50)40(48)36(32)44)29(33(31)37(45)41(49)39(35)47)23-14-15-26-25(18-23)30-24-12-5-4-9-20(24)13-16-27(30)51-26/h1-18,43-50H. The van der Waals surface area contributed by atoms with Gasteiger partial charge in [0, 0.05) is 43.4 Å². The van der Waals surface area contributed by atoms with Gasteiger partial charge in [-0.25, -0.2) is 0 Å². The molecule has 1 aromatic heterocycles.